The minimum atomic E-state index is -0.511. The van der Waals surface area contributed by atoms with Crippen molar-refractivity contribution < 1.29 is 19.0 Å². The number of aromatic nitrogens is 4. The van der Waals surface area contributed by atoms with E-state index in [-0.39, 0.29) is 18.0 Å². The number of hydrogen-bond donors (Lipinski definition) is 0. The molecule has 0 unspecified atom stereocenters. The lowest BCUT2D eigenvalue weighted by Crippen LogP contribution is -2.36. The van der Waals surface area contributed by atoms with Gasteiger partial charge in [-0.15, -0.1) is 0 Å². The SMILES string of the molecule is Cc1cc(-c2nc(C#N)nc3c2ccn3C)cnc1OCCO[C@H]1CCN(C(=O)OC(C)(C)C)C1. The molecule has 1 atom stereocenters. The number of carbonyl (C=O) groups is 1. The fourth-order valence-corrected chi connectivity index (χ4v) is 3.96. The normalized spacial score (nSPS) is 15.9. The first kappa shape index (κ1) is 24.4. The molecule has 0 bridgehead atoms. The van der Waals surface area contributed by atoms with E-state index in [0.29, 0.717) is 43.5 Å². The van der Waals surface area contributed by atoms with Gasteiger partial charge in [0.25, 0.3) is 0 Å². The molecule has 0 spiro atoms. The van der Waals surface area contributed by atoms with Gasteiger partial charge in [0.05, 0.1) is 24.9 Å². The third-order valence-corrected chi connectivity index (χ3v) is 5.60. The average Bonchev–Trinajstić information content (AvgIpc) is 3.43. The maximum Gasteiger partial charge on any atom is 0.410 e. The zero-order valence-corrected chi connectivity index (χ0v) is 20.7. The summed E-state index contributed by atoms with van der Waals surface area (Å²) in [6.45, 7) is 9.34. The van der Waals surface area contributed by atoms with Crippen LogP contribution in [-0.2, 0) is 16.5 Å². The van der Waals surface area contributed by atoms with Crippen LogP contribution in [0.25, 0.3) is 22.3 Å². The van der Waals surface area contributed by atoms with E-state index in [1.54, 1.807) is 11.1 Å². The van der Waals surface area contributed by atoms with Crippen LogP contribution in [0, 0.1) is 18.3 Å². The fourth-order valence-electron chi connectivity index (χ4n) is 3.96. The summed E-state index contributed by atoms with van der Waals surface area (Å²) in [5, 5.41) is 10.2. The Morgan fingerprint density at radius 3 is 2.80 bits per heavy atom. The van der Waals surface area contributed by atoms with E-state index >= 15 is 0 Å². The molecule has 4 rings (SSSR count). The largest absolute Gasteiger partial charge is 0.475 e. The molecule has 1 saturated heterocycles. The maximum atomic E-state index is 12.2. The number of amides is 1. The van der Waals surface area contributed by atoms with Crippen LogP contribution in [0.2, 0.25) is 0 Å². The second-order valence-corrected chi connectivity index (χ2v) is 9.57. The van der Waals surface area contributed by atoms with Crippen LogP contribution in [0.5, 0.6) is 5.88 Å². The highest BCUT2D eigenvalue weighted by atomic mass is 16.6. The van der Waals surface area contributed by atoms with Crippen molar-refractivity contribution in [1.82, 2.24) is 24.4 Å². The van der Waals surface area contributed by atoms with Crippen molar-refractivity contribution in [2.45, 2.75) is 45.8 Å². The molecule has 35 heavy (non-hydrogen) atoms. The van der Waals surface area contributed by atoms with E-state index in [1.807, 2.05) is 63.7 Å². The molecule has 0 saturated carbocycles. The molecule has 0 radical (unpaired) electrons. The van der Waals surface area contributed by atoms with Crippen LogP contribution in [0.4, 0.5) is 4.79 Å². The molecule has 1 fully saturated rings. The van der Waals surface area contributed by atoms with Crippen molar-refractivity contribution in [1.29, 1.82) is 5.26 Å². The second-order valence-electron chi connectivity index (χ2n) is 9.57. The Labute approximate surface area is 204 Å². The van der Waals surface area contributed by atoms with Crippen LogP contribution in [0.1, 0.15) is 38.6 Å². The number of nitrogens with zero attached hydrogens (tertiary/aromatic N) is 6. The molecule has 1 aliphatic rings. The number of hydrogen-bond acceptors (Lipinski definition) is 8. The summed E-state index contributed by atoms with van der Waals surface area (Å²) in [6, 6.07) is 5.89. The van der Waals surface area contributed by atoms with Gasteiger partial charge >= 0.3 is 6.09 Å². The lowest BCUT2D eigenvalue weighted by molar-refractivity contribution is 0.0169. The fraction of sp³-hybridized carbons (Fsp3) is 0.480. The predicted molar refractivity (Wildman–Crippen MR) is 129 cm³/mol. The van der Waals surface area contributed by atoms with E-state index in [1.165, 1.54) is 0 Å². The number of fused-ring (bicyclic) bond motifs is 1. The summed E-state index contributed by atoms with van der Waals surface area (Å²) in [7, 11) is 1.88. The lowest BCUT2D eigenvalue weighted by Gasteiger charge is -2.24. The molecule has 0 aliphatic carbocycles. The zero-order valence-electron chi connectivity index (χ0n) is 20.7. The average molecular weight is 479 g/mol. The van der Waals surface area contributed by atoms with Gasteiger partial charge in [-0.3, -0.25) is 0 Å². The molecule has 4 heterocycles. The van der Waals surface area contributed by atoms with E-state index in [0.717, 1.165) is 22.9 Å². The Kier molecular flexibility index (Phi) is 6.89. The molecular formula is C25H30N6O4. The first-order valence-electron chi connectivity index (χ1n) is 11.6. The molecule has 1 amide bonds. The molecule has 3 aromatic rings. The van der Waals surface area contributed by atoms with Crippen LogP contribution in [-0.4, -0.2) is 68.5 Å². The van der Waals surface area contributed by atoms with Crippen molar-refractivity contribution in [2.24, 2.45) is 7.05 Å². The maximum absolute atomic E-state index is 12.2. The summed E-state index contributed by atoms with van der Waals surface area (Å²) in [5.74, 6) is 0.625. The van der Waals surface area contributed by atoms with Crippen LogP contribution in [0.3, 0.4) is 0 Å². The highest BCUT2D eigenvalue weighted by Crippen LogP contribution is 2.29. The quantitative estimate of drug-likeness (QED) is 0.494. The van der Waals surface area contributed by atoms with E-state index in [4.69, 9.17) is 14.2 Å². The van der Waals surface area contributed by atoms with Gasteiger partial charge in [0, 0.05) is 42.5 Å². The Morgan fingerprint density at radius 2 is 2.09 bits per heavy atom. The number of carbonyl (C=O) groups excluding carboxylic acids is 1. The van der Waals surface area contributed by atoms with E-state index in [2.05, 4.69) is 15.0 Å². The monoisotopic (exact) mass is 478 g/mol. The summed E-state index contributed by atoms with van der Waals surface area (Å²) in [4.78, 5) is 27.0. The molecular weight excluding hydrogens is 448 g/mol. The molecule has 0 N–H and O–H groups in total. The molecule has 10 nitrogen and oxygen atoms in total. The highest BCUT2D eigenvalue weighted by molar-refractivity contribution is 5.91. The third-order valence-electron chi connectivity index (χ3n) is 5.60. The van der Waals surface area contributed by atoms with Crippen molar-refractivity contribution >= 4 is 17.1 Å². The van der Waals surface area contributed by atoms with Crippen molar-refractivity contribution in [3.05, 3.63) is 35.9 Å². The van der Waals surface area contributed by atoms with Gasteiger partial charge in [-0.2, -0.15) is 5.26 Å². The summed E-state index contributed by atoms with van der Waals surface area (Å²) >= 11 is 0. The topological polar surface area (TPSA) is 115 Å². The standard InChI is InChI=1S/C25H30N6O4/c1-16-12-17(21-19-7-8-30(5)22(19)29-20(13-26)28-21)14-27-23(16)34-11-10-33-18-6-9-31(15-18)24(32)35-25(2,3)4/h7-8,12,14,18H,6,9-11,15H2,1-5H3/t18-/m0/s1. The van der Waals surface area contributed by atoms with Gasteiger partial charge < -0.3 is 23.7 Å². The first-order chi connectivity index (χ1) is 16.6. The van der Waals surface area contributed by atoms with E-state index < -0.39 is 5.60 Å². The van der Waals surface area contributed by atoms with Gasteiger partial charge in [0.15, 0.2) is 0 Å². The lowest BCUT2D eigenvalue weighted by atomic mass is 10.1. The predicted octanol–water partition coefficient (Wildman–Crippen LogP) is 3.62. The molecule has 0 aromatic carbocycles. The number of pyridine rings is 1. The number of likely N-dealkylation sites (tertiary alicyclic amines) is 1. The van der Waals surface area contributed by atoms with Crippen LogP contribution >= 0.6 is 0 Å². The Hall–Kier alpha value is -3.71. The van der Waals surface area contributed by atoms with Gasteiger partial charge in [-0.1, -0.05) is 0 Å². The number of rotatable bonds is 6. The molecule has 3 aromatic heterocycles. The summed E-state index contributed by atoms with van der Waals surface area (Å²) in [5.41, 5.74) is 2.48. The smallest absolute Gasteiger partial charge is 0.410 e. The van der Waals surface area contributed by atoms with Crippen LogP contribution in [0.15, 0.2) is 24.5 Å². The van der Waals surface area contributed by atoms with Crippen molar-refractivity contribution in [3.8, 4) is 23.2 Å². The van der Waals surface area contributed by atoms with Gasteiger partial charge in [-0.05, 0) is 46.2 Å². The van der Waals surface area contributed by atoms with Gasteiger partial charge in [-0.25, -0.2) is 19.7 Å². The summed E-state index contributed by atoms with van der Waals surface area (Å²) < 4.78 is 19.0. The van der Waals surface area contributed by atoms with Crippen LogP contribution < -0.4 is 4.74 Å². The first-order valence-corrected chi connectivity index (χ1v) is 11.6. The third kappa shape index (κ3) is 5.69. The molecule has 1 aliphatic heterocycles. The molecule has 10 heteroatoms. The van der Waals surface area contributed by atoms with Crippen molar-refractivity contribution in [2.75, 3.05) is 26.3 Å². The Morgan fingerprint density at radius 1 is 1.29 bits per heavy atom. The Bertz CT molecular complexity index is 1270. The number of nitriles is 1. The number of ether oxygens (including phenoxy) is 3. The van der Waals surface area contributed by atoms with Gasteiger partial charge in [0.1, 0.15) is 23.9 Å². The van der Waals surface area contributed by atoms with Gasteiger partial charge in [0.2, 0.25) is 11.7 Å². The molecule has 184 valence electrons. The summed E-state index contributed by atoms with van der Waals surface area (Å²) in [6.07, 6.45) is 4.00. The number of aryl methyl sites for hydroxylation is 2. The minimum Gasteiger partial charge on any atom is -0.475 e. The van der Waals surface area contributed by atoms with Crippen molar-refractivity contribution in [3.63, 3.8) is 0 Å². The second kappa shape index (κ2) is 9.88. The highest BCUT2D eigenvalue weighted by Gasteiger charge is 2.30. The Balaban J connectivity index is 1.33. The zero-order chi connectivity index (χ0) is 25.2. The minimum absolute atomic E-state index is 0.0390. The van der Waals surface area contributed by atoms with E-state index in [9.17, 15) is 10.1 Å².